The summed E-state index contributed by atoms with van der Waals surface area (Å²) in [5, 5.41) is 0. The van der Waals surface area contributed by atoms with Gasteiger partial charge in [-0.15, -0.1) is 0 Å². The average molecular weight is 242 g/mol. The van der Waals surface area contributed by atoms with Crippen LogP contribution in [0.4, 0.5) is 0 Å². The fourth-order valence-corrected chi connectivity index (χ4v) is 1.80. The molecule has 1 heterocycles. The summed E-state index contributed by atoms with van der Waals surface area (Å²) in [6.07, 6.45) is 4.35. The Kier molecular flexibility index (Phi) is 3.95. The Morgan fingerprint density at radius 2 is 2.06 bits per heavy atom. The number of hydrogen-bond acceptors (Lipinski definition) is 3. The van der Waals surface area contributed by atoms with Crippen molar-refractivity contribution in [2.75, 3.05) is 0 Å². The Morgan fingerprint density at radius 3 is 2.78 bits per heavy atom. The van der Waals surface area contributed by atoms with Crippen molar-refractivity contribution in [1.82, 2.24) is 4.98 Å². The van der Waals surface area contributed by atoms with Gasteiger partial charge in [-0.1, -0.05) is 18.2 Å². The zero-order chi connectivity index (χ0) is 13.0. The van der Waals surface area contributed by atoms with Gasteiger partial charge >= 0.3 is 0 Å². The van der Waals surface area contributed by atoms with Crippen LogP contribution < -0.4 is 10.5 Å². The van der Waals surface area contributed by atoms with E-state index in [0.29, 0.717) is 0 Å². The Balaban J connectivity index is 2.17. The number of nitrogens with zero attached hydrogens (tertiary/aromatic N) is 1. The minimum Gasteiger partial charge on any atom is -0.455 e. The lowest BCUT2D eigenvalue weighted by molar-refractivity contribution is 0.475. The number of nitrogens with two attached hydrogens (primary N) is 1. The van der Waals surface area contributed by atoms with E-state index in [1.54, 1.807) is 6.20 Å². The smallest absolute Gasteiger partial charge is 0.145 e. The third-order valence-electron chi connectivity index (χ3n) is 2.65. The molecule has 2 aromatic rings. The number of pyridine rings is 1. The summed E-state index contributed by atoms with van der Waals surface area (Å²) in [7, 11) is 0. The first kappa shape index (κ1) is 12.6. The van der Waals surface area contributed by atoms with Crippen LogP contribution in [0.3, 0.4) is 0 Å². The molecule has 0 fully saturated rings. The third kappa shape index (κ3) is 3.31. The van der Waals surface area contributed by atoms with Crippen LogP contribution >= 0.6 is 0 Å². The monoisotopic (exact) mass is 242 g/mol. The van der Waals surface area contributed by atoms with Crippen molar-refractivity contribution in [3.8, 4) is 11.5 Å². The fraction of sp³-hybridized carbons (Fsp3) is 0.267. The van der Waals surface area contributed by atoms with Gasteiger partial charge in [-0.05, 0) is 43.5 Å². The Labute approximate surface area is 108 Å². The maximum Gasteiger partial charge on any atom is 0.145 e. The molecular weight excluding hydrogens is 224 g/mol. The van der Waals surface area contributed by atoms with Crippen molar-refractivity contribution < 1.29 is 4.74 Å². The summed E-state index contributed by atoms with van der Waals surface area (Å²) < 4.78 is 5.83. The molecule has 3 nitrogen and oxygen atoms in total. The van der Waals surface area contributed by atoms with E-state index >= 15 is 0 Å². The number of para-hydroxylation sites is 1. The van der Waals surface area contributed by atoms with Gasteiger partial charge in [-0.3, -0.25) is 4.98 Å². The normalized spacial score (nSPS) is 12.2. The molecule has 0 spiro atoms. The maximum atomic E-state index is 5.83. The lowest BCUT2D eigenvalue weighted by Gasteiger charge is -2.10. The number of hydrogen-bond donors (Lipinski definition) is 1. The lowest BCUT2D eigenvalue weighted by atomic mass is 10.1. The second kappa shape index (κ2) is 5.65. The molecule has 1 atom stereocenters. The number of benzene rings is 1. The second-order valence-electron chi connectivity index (χ2n) is 4.58. The van der Waals surface area contributed by atoms with E-state index in [-0.39, 0.29) is 6.04 Å². The van der Waals surface area contributed by atoms with E-state index in [1.807, 2.05) is 50.4 Å². The number of rotatable bonds is 4. The molecule has 0 aliphatic rings. The predicted molar refractivity (Wildman–Crippen MR) is 72.8 cm³/mol. The minimum atomic E-state index is 0.125. The van der Waals surface area contributed by atoms with Crippen LogP contribution in [-0.4, -0.2) is 11.0 Å². The van der Waals surface area contributed by atoms with Crippen LogP contribution in [0.1, 0.15) is 18.1 Å². The molecule has 3 heteroatoms. The highest BCUT2D eigenvalue weighted by atomic mass is 16.5. The predicted octanol–water partition coefficient (Wildman–Crippen LogP) is 3.07. The molecule has 0 aliphatic carbocycles. The van der Waals surface area contributed by atoms with Gasteiger partial charge in [0.05, 0.1) is 6.20 Å². The van der Waals surface area contributed by atoms with E-state index in [9.17, 15) is 0 Å². The van der Waals surface area contributed by atoms with Crippen LogP contribution in [0.25, 0.3) is 0 Å². The molecule has 0 amide bonds. The van der Waals surface area contributed by atoms with Gasteiger partial charge in [0.15, 0.2) is 0 Å². The summed E-state index contributed by atoms with van der Waals surface area (Å²) in [5.74, 6) is 1.61. The van der Waals surface area contributed by atoms with Gasteiger partial charge in [-0.2, -0.15) is 0 Å². The summed E-state index contributed by atoms with van der Waals surface area (Å²) in [6, 6.07) is 10.0. The molecule has 0 radical (unpaired) electrons. The van der Waals surface area contributed by atoms with Crippen LogP contribution in [0.2, 0.25) is 0 Å². The summed E-state index contributed by atoms with van der Waals surface area (Å²) in [5.41, 5.74) is 7.98. The lowest BCUT2D eigenvalue weighted by Crippen LogP contribution is -2.17. The molecule has 1 unspecified atom stereocenters. The molecule has 2 rings (SSSR count). The highest BCUT2D eigenvalue weighted by molar-refractivity contribution is 5.36. The van der Waals surface area contributed by atoms with Crippen molar-refractivity contribution in [3.05, 3.63) is 53.9 Å². The first-order valence-electron chi connectivity index (χ1n) is 6.08. The zero-order valence-electron chi connectivity index (χ0n) is 10.8. The molecule has 0 saturated heterocycles. The molecule has 1 aromatic heterocycles. The summed E-state index contributed by atoms with van der Waals surface area (Å²) in [4.78, 5) is 4.18. The van der Waals surface area contributed by atoms with Crippen LogP contribution in [0.15, 0.2) is 42.7 Å². The zero-order valence-corrected chi connectivity index (χ0v) is 10.8. The highest BCUT2D eigenvalue weighted by Crippen LogP contribution is 2.24. The standard InChI is InChI=1S/C15H18N2O/c1-11-5-3-4-6-15(11)18-14-8-13(7-12(2)16)9-17-10-14/h3-6,8-10,12H,7,16H2,1-2H3. The van der Waals surface area contributed by atoms with Crippen molar-refractivity contribution in [2.45, 2.75) is 26.3 Å². The largest absolute Gasteiger partial charge is 0.455 e. The Morgan fingerprint density at radius 1 is 1.28 bits per heavy atom. The van der Waals surface area contributed by atoms with Gasteiger partial charge in [0.2, 0.25) is 0 Å². The Hall–Kier alpha value is -1.87. The molecular formula is C15H18N2O. The SMILES string of the molecule is Cc1ccccc1Oc1cncc(CC(C)N)c1. The molecule has 0 aliphatic heterocycles. The molecule has 2 N–H and O–H groups in total. The van der Waals surface area contributed by atoms with Crippen LogP contribution in [0.5, 0.6) is 11.5 Å². The third-order valence-corrected chi connectivity index (χ3v) is 2.65. The molecule has 94 valence electrons. The van der Waals surface area contributed by atoms with E-state index in [4.69, 9.17) is 10.5 Å². The first-order chi connectivity index (χ1) is 8.65. The van der Waals surface area contributed by atoms with Gasteiger partial charge in [-0.25, -0.2) is 0 Å². The van der Waals surface area contributed by atoms with E-state index in [2.05, 4.69) is 4.98 Å². The number of ether oxygens (including phenoxy) is 1. The van der Waals surface area contributed by atoms with Gasteiger partial charge in [0.25, 0.3) is 0 Å². The van der Waals surface area contributed by atoms with Crippen LogP contribution in [0, 0.1) is 6.92 Å². The van der Waals surface area contributed by atoms with Crippen molar-refractivity contribution in [1.29, 1.82) is 0 Å². The van der Waals surface area contributed by atoms with E-state index < -0.39 is 0 Å². The minimum absolute atomic E-state index is 0.125. The maximum absolute atomic E-state index is 5.83. The summed E-state index contributed by atoms with van der Waals surface area (Å²) in [6.45, 7) is 4.00. The van der Waals surface area contributed by atoms with Gasteiger partial charge in [0.1, 0.15) is 11.5 Å². The molecule has 0 saturated carbocycles. The van der Waals surface area contributed by atoms with Crippen LogP contribution in [-0.2, 0) is 6.42 Å². The van der Waals surface area contributed by atoms with Crippen molar-refractivity contribution in [3.63, 3.8) is 0 Å². The van der Waals surface area contributed by atoms with Crippen molar-refractivity contribution in [2.24, 2.45) is 5.73 Å². The molecule has 0 bridgehead atoms. The van der Waals surface area contributed by atoms with E-state index in [0.717, 1.165) is 29.0 Å². The van der Waals surface area contributed by atoms with Crippen molar-refractivity contribution >= 4 is 0 Å². The van der Waals surface area contributed by atoms with Gasteiger partial charge in [0, 0.05) is 12.2 Å². The Bertz CT molecular complexity index is 523. The second-order valence-corrected chi connectivity index (χ2v) is 4.58. The number of aryl methyl sites for hydroxylation is 1. The topological polar surface area (TPSA) is 48.1 Å². The number of aromatic nitrogens is 1. The fourth-order valence-electron chi connectivity index (χ4n) is 1.80. The average Bonchev–Trinajstić information content (AvgIpc) is 2.32. The van der Waals surface area contributed by atoms with E-state index in [1.165, 1.54) is 0 Å². The molecule has 1 aromatic carbocycles. The van der Waals surface area contributed by atoms with Gasteiger partial charge < -0.3 is 10.5 Å². The molecule has 18 heavy (non-hydrogen) atoms. The first-order valence-corrected chi connectivity index (χ1v) is 6.08. The quantitative estimate of drug-likeness (QED) is 0.896. The highest BCUT2D eigenvalue weighted by Gasteiger charge is 2.03. The summed E-state index contributed by atoms with van der Waals surface area (Å²) >= 11 is 0.